The first-order valence-electron chi connectivity index (χ1n) is 6.99. The van der Waals surface area contributed by atoms with Gasteiger partial charge in [-0.3, -0.25) is 9.69 Å². The Bertz CT molecular complexity index is 312. The quantitative estimate of drug-likeness (QED) is 0.734. The van der Waals surface area contributed by atoms with Crippen molar-refractivity contribution < 1.29 is 4.79 Å². The molecule has 0 bridgehead atoms. The minimum Gasteiger partial charge on any atom is -0.350 e. The van der Waals surface area contributed by atoms with E-state index in [9.17, 15) is 4.79 Å². The van der Waals surface area contributed by atoms with Gasteiger partial charge < -0.3 is 10.6 Å². The summed E-state index contributed by atoms with van der Waals surface area (Å²) in [6, 6.07) is 1.01. The van der Waals surface area contributed by atoms with Gasteiger partial charge in [0.15, 0.2) is 0 Å². The van der Waals surface area contributed by atoms with Crippen molar-refractivity contribution in [2.45, 2.75) is 56.7 Å². The number of fused-ring (bicyclic) bond motifs is 1. The minimum absolute atomic E-state index is 0.216. The van der Waals surface area contributed by atoms with Gasteiger partial charge in [-0.2, -0.15) is 0 Å². The van der Waals surface area contributed by atoms with Gasteiger partial charge in [-0.05, 0) is 52.1 Å². The smallest absolute Gasteiger partial charge is 0.240 e. The average Bonchev–Trinajstić information content (AvgIpc) is 2.97. The molecular weight excluding hydrogens is 214 g/mol. The van der Waals surface area contributed by atoms with Gasteiger partial charge in [-0.15, -0.1) is 0 Å². The molecule has 3 aliphatic heterocycles. The zero-order chi connectivity index (χ0) is 11.9. The maximum absolute atomic E-state index is 12.3. The summed E-state index contributed by atoms with van der Waals surface area (Å²) < 4.78 is 0. The number of hydrogen-bond acceptors (Lipinski definition) is 3. The van der Waals surface area contributed by atoms with Crippen LogP contribution in [0.1, 0.15) is 39.0 Å². The molecule has 96 valence electrons. The van der Waals surface area contributed by atoms with Crippen LogP contribution in [0.5, 0.6) is 0 Å². The summed E-state index contributed by atoms with van der Waals surface area (Å²) in [6.07, 6.45) is 5.78. The molecule has 0 spiro atoms. The van der Waals surface area contributed by atoms with Gasteiger partial charge >= 0.3 is 0 Å². The first kappa shape index (κ1) is 11.5. The molecule has 4 heteroatoms. The molecule has 0 aromatic heterocycles. The summed E-state index contributed by atoms with van der Waals surface area (Å²) in [5.41, 5.74) is -0.313. The van der Waals surface area contributed by atoms with Crippen LogP contribution in [0.25, 0.3) is 0 Å². The SMILES string of the molecule is CC1(C(=O)NC2CCN3CCCC23)CCCN1. The van der Waals surface area contributed by atoms with Crippen molar-refractivity contribution in [1.29, 1.82) is 0 Å². The standard InChI is InChI=1S/C13H23N3O/c1-13(6-3-7-14-13)12(17)15-10-5-9-16-8-2-4-11(10)16/h10-11,14H,2-9H2,1H3,(H,15,17). The third-order valence-electron chi connectivity index (χ3n) is 4.79. The highest BCUT2D eigenvalue weighted by Crippen LogP contribution is 2.28. The van der Waals surface area contributed by atoms with Crippen LogP contribution in [0.3, 0.4) is 0 Å². The zero-order valence-corrected chi connectivity index (χ0v) is 10.7. The predicted molar refractivity (Wildman–Crippen MR) is 66.8 cm³/mol. The van der Waals surface area contributed by atoms with Crippen LogP contribution in [0, 0.1) is 0 Å². The summed E-state index contributed by atoms with van der Waals surface area (Å²) in [5.74, 6) is 0.216. The van der Waals surface area contributed by atoms with E-state index in [0.29, 0.717) is 12.1 Å². The van der Waals surface area contributed by atoms with E-state index in [1.165, 1.54) is 25.9 Å². The Morgan fingerprint density at radius 2 is 2.24 bits per heavy atom. The van der Waals surface area contributed by atoms with Crippen LogP contribution in [-0.2, 0) is 4.79 Å². The lowest BCUT2D eigenvalue weighted by molar-refractivity contribution is -0.127. The predicted octanol–water partition coefficient (Wildman–Crippen LogP) is 0.481. The summed E-state index contributed by atoms with van der Waals surface area (Å²) in [6.45, 7) is 5.41. The molecule has 3 saturated heterocycles. The lowest BCUT2D eigenvalue weighted by Crippen LogP contribution is -2.55. The normalized spacial score (nSPS) is 41.7. The maximum Gasteiger partial charge on any atom is 0.240 e. The third kappa shape index (κ3) is 1.97. The second kappa shape index (κ2) is 4.25. The lowest BCUT2D eigenvalue weighted by atomic mass is 9.97. The minimum atomic E-state index is -0.313. The number of amides is 1. The van der Waals surface area contributed by atoms with E-state index in [0.717, 1.165) is 25.8 Å². The molecule has 0 radical (unpaired) electrons. The Hall–Kier alpha value is -0.610. The van der Waals surface area contributed by atoms with E-state index in [-0.39, 0.29) is 11.4 Å². The van der Waals surface area contributed by atoms with Crippen molar-refractivity contribution >= 4 is 5.91 Å². The molecule has 3 fully saturated rings. The monoisotopic (exact) mass is 237 g/mol. The van der Waals surface area contributed by atoms with Crippen LogP contribution in [0.2, 0.25) is 0 Å². The molecule has 3 heterocycles. The Morgan fingerprint density at radius 3 is 3.00 bits per heavy atom. The van der Waals surface area contributed by atoms with Crippen molar-refractivity contribution in [3.63, 3.8) is 0 Å². The second-order valence-corrected chi connectivity index (χ2v) is 5.98. The summed E-state index contributed by atoms with van der Waals surface area (Å²) in [4.78, 5) is 14.9. The van der Waals surface area contributed by atoms with E-state index in [4.69, 9.17) is 0 Å². The van der Waals surface area contributed by atoms with Gasteiger partial charge in [0.05, 0.1) is 5.54 Å². The number of hydrogen-bond donors (Lipinski definition) is 2. The second-order valence-electron chi connectivity index (χ2n) is 5.98. The number of nitrogens with zero attached hydrogens (tertiary/aromatic N) is 1. The Kier molecular flexibility index (Phi) is 2.87. The molecule has 3 rings (SSSR count). The molecule has 0 aromatic rings. The summed E-state index contributed by atoms with van der Waals surface area (Å²) in [5, 5.41) is 6.63. The fourth-order valence-corrected chi connectivity index (χ4v) is 3.67. The largest absolute Gasteiger partial charge is 0.350 e. The molecule has 3 aliphatic rings. The molecule has 3 atom stereocenters. The van der Waals surface area contributed by atoms with Gasteiger partial charge in [0.1, 0.15) is 0 Å². The fraction of sp³-hybridized carbons (Fsp3) is 0.923. The first-order chi connectivity index (χ1) is 8.19. The first-order valence-corrected chi connectivity index (χ1v) is 6.99. The van der Waals surface area contributed by atoms with Crippen molar-refractivity contribution in [1.82, 2.24) is 15.5 Å². The van der Waals surface area contributed by atoms with E-state index in [1.54, 1.807) is 0 Å². The van der Waals surface area contributed by atoms with Crippen LogP contribution >= 0.6 is 0 Å². The van der Waals surface area contributed by atoms with Crippen LogP contribution in [0.4, 0.5) is 0 Å². The molecule has 17 heavy (non-hydrogen) atoms. The fourth-order valence-electron chi connectivity index (χ4n) is 3.67. The third-order valence-corrected chi connectivity index (χ3v) is 4.79. The number of rotatable bonds is 2. The zero-order valence-electron chi connectivity index (χ0n) is 10.7. The van der Waals surface area contributed by atoms with E-state index < -0.39 is 0 Å². The Balaban J connectivity index is 1.61. The number of carbonyl (C=O) groups is 1. The van der Waals surface area contributed by atoms with E-state index >= 15 is 0 Å². The van der Waals surface area contributed by atoms with Gasteiger partial charge in [0, 0.05) is 18.6 Å². The molecule has 2 N–H and O–H groups in total. The van der Waals surface area contributed by atoms with E-state index in [2.05, 4.69) is 15.5 Å². The molecule has 3 unspecified atom stereocenters. The topological polar surface area (TPSA) is 44.4 Å². The van der Waals surface area contributed by atoms with Crippen molar-refractivity contribution in [2.24, 2.45) is 0 Å². The van der Waals surface area contributed by atoms with Gasteiger partial charge in [0.25, 0.3) is 0 Å². The van der Waals surface area contributed by atoms with Crippen molar-refractivity contribution in [3.8, 4) is 0 Å². The summed E-state index contributed by atoms with van der Waals surface area (Å²) >= 11 is 0. The van der Waals surface area contributed by atoms with Crippen LogP contribution in [-0.4, -0.2) is 48.1 Å². The Labute approximate surface area is 103 Å². The van der Waals surface area contributed by atoms with Crippen LogP contribution in [0.15, 0.2) is 0 Å². The number of nitrogens with one attached hydrogen (secondary N) is 2. The van der Waals surface area contributed by atoms with Gasteiger partial charge in [-0.25, -0.2) is 0 Å². The molecule has 4 nitrogen and oxygen atoms in total. The number of carbonyl (C=O) groups excluding carboxylic acids is 1. The van der Waals surface area contributed by atoms with Crippen molar-refractivity contribution in [2.75, 3.05) is 19.6 Å². The summed E-state index contributed by atoms with van der Waals surface area (Å²) in [7, 11) is 0. The molecular formula is C13H23N3O. The van der Waals surface area contributed by atoms with Crippen molar-refractivity contribution in [3.05, 3.63) is 0 Å². The highest BCUT2D eigenvalue weighted by Gasteiger charge is 2.42. The van der Waals surface area contributed by atoms with Gasteiger partial charge in [-0.1, -0.05) is 0 Å². The molecule has 0 aromatic carbocycles. The van der Waals surface area contributed by atoms with Gasteiger partial charge in [0.2, 0.25) is 5.91 Å². The van der Waals surface area contributed by atoms with E-state index in [1.807, 2.05) is 6.92 Å². The Morgan fingerprint density at radius 1 is 1.35 bits per heavy atom. The average molecular weight is 237 g/mol. The molecule has 1 amide bonds. The maximum atomic E-state index is 12.3. The lowest BCUT2D eigenvalue weighted by Gasteiger charge is -2.28. The molecule has 0 aliphatic carbocycles. The highest BCUT2D eigenvalue weighted by molar-refractivity contribution is 5.86. The molecule has 0 saturated carbocycles. The highest BCUT2D eigenvalue weighted by atomic mass is 16.2. The van der Waals surface area contributed by atoms with Crippen LogP contribution < -0.4 is 10.6 Å².